The largest absolute Gasteiger partial charge is 0.493 e. The Hall–Kier alpha value is -3.63. The third-order valence-electron chi connectivity index (χ3n) is 3.44. The normalized spacial score (nSPS) is 11.4. The molecule has 0 aliphatic rings. The molecule has 0 fully saturated rings. The molecule has 1 rings (SSSR count). The Bertz CT molecular complexity index is 749. The molecule has 0 aliphatic heterocycles. The number of hydrogen-bond acceptors (Lipinski definition) is 9. The van der Waals surface area contributed by atoms with Gasteiger partial charge in [-0.15, -0.1) is 10.1 Å². The second kappa shape index (κ2) is 12.7. The van der Waals surface area contributed by atoms with Gasteiger partial charge in [0.2, 0.25) is 6.41 Å². The Morgan fingerprint density at radius 1 is 1.31 bits per heavy atom. The number of amides is 1. The molecule has 1 amide bonds. The first-order chi connectivity index (χ1) is 13.9. The number of benzene rings is 1. The molecule has 0 aromatic heterocycles. The van der Waals surface area contributed by atoms with E-state index in [1.807, 2.05) is 0 Å². The van der Waals surface area contributed by atoms with Gasteiger partial charge in [0, 0.05) is 6.42 Å². The van der Waals surface area contributed by atoms with Crippen LogP contribution < -0.4 is 14.8 Å². The zero-order valence-corrected chi connectivity index (χ0v) is 16.0. The highest BCUT2D eigenvalue weighted by Crippen LogP contribution is 2.28. The van der Waals surface area contributed by atoms with Crippen molar-refractivity contribution >= 4 is 24.4 Å². The van der Waals surface area contributed by atoms with E-state index in [0.717, 1.165) is 0 Å². The van der Waals surface area contributed by atoms with Gasteiger partial charge in [0.15, 0.2) is 11.5 Å². The molecular formula is C18H22N2O9. The molecule has 1 unspecified atom stereocenters. The van der Waals surface area contributed by atoms with Gasteiger partial charge in [-0.2, -0.15) is 0 Å². The minimum atomic E-state index is -0.919. The summed E-state index contributed by atoms with van der Waals surface area (Å²) in [6.45, 7) is 1.33. The number of nitrogens with one attached hydrogen (secondary N) is 1. The quantitative estimate of drug-likeness (QED) is 0.127. The Kier molecular flexibility index (Phi) is 10.3. The second-order valence-electron chi connectivity index (χ2n) is 5.58. The number of carbonyl (C=O) groups is 3. The molecule has 11 heteroatoms. The predicted octanol–water partition coefficient (Wildman–Crippen LogP) is 1.28. The van der Waals surface area contributed by atoms with Gasteiger partial charge in [-0.3, -0.25) is 9.59 Å². The SMILES string of the molecule is COc1cc(/C=C/COC(=O)CCCO[N+](=O)[O-])ccc1OC(=O)C(C)NC=O. The van der Waals surface area contributed by atoms with E-state index in [-0.39, 0.29) is 31.8 Å². The van der Waals surface area contributed by atoms with Crippen molar-refractivity contribution in [2.45, 2.75) is 25.8 Å². The molecule has 0 saturated carbocycles. The summed E-state index contributed by atoms with van der Waals surface area (Å²) in [4.78, 5) is 47.8. The van der Waals surface area contributed by atoms with Gasteiger partial charge in [-0.1, -0.05) is 12.1 Å². The van der Waals surface area contributed by atoms with Crippen LogP contribution in [-0.2, 0) is 24.0 Å². The van der Waals surface area contributed by atoms with Crippen LogP contribution in [0.5, 0.6) is 11.5 Å². The molecule has 1 aromatic carbocycles. The predicted molar refractivity (Wildman–Crippen MR) is 99.5 cm³/mol. The highest BCUT2D eigenvalue weighted by Gasteiger charge is 2.16. The molecule has 158 valence electrons. The molecule has 0 bridgehead atoms. The highest BCUT2D eigenvalue weighted by atomic mass is 16.9. The number of hydrogen-bond donors (Lipinski definition) is 1. The van der Waals surface area contributed by atoms with Crippen LogP contribution in [-0.4, -0.2) is 49.8 Å². The van der Waals surface area contributed by atoms with Crippen LogP contribution in [0.1, 0.15) is 25.3 Å². The summed E-state index contributed by atoms with van der Waals surface area (Å²) in [5.74, 6) is -0.645. The summed E-state index contributed by atoms with van der Waals surface area (Å²) in [5.41, 5.74) is 0.705. The fraction of sp³-hybridized carbons (Fsp3) is 0.389. The van der Waals surface area contributed by atoms with Crippen LogP contribution in [0.15, 0.2) is 24.3 Å². The van der Waals surface area contributed by atoms with Crippen LogP contribution in [0.3, 0.4) is 0 Å². The molecule has 0 spiro atoms. The Morgan fingerprint density at radius 3 is 2.72 bits per heavy atom. The van der Waals surface area contributed by atoms with E-state index in [1.165, 1.54) is 20.1 Å². The molecule has 0 saturated heterocycles. The number of carbonyl (C=O) groups excluding carboxylic acids is 3. The van der Waals surface area contributed by atoms with Gasteiger partial charge in [-0.05, 0) is 37.1 Å². The van der Waals surface area contributed by atoms with Crippen molar-refractivity contribution in [3.63, 3.8) is 0 Å². The van der Waals surface area contributed by atoms with Crippen molar-refractivity contribution in [3.8, 4) is 11.5 Å². The summed E-state index contributed by atoms with van der Waals surface area (Å²) in [6, 6.07) is 4.01. The van der Waals surface area contributed by atoms with E-state index in [0.29, 0.717) is 17.7 Å². The maximum absolute atomic E-state index is 11.9. The minimum absolute atomic E-state index is 0.00690. The lowest BCUT2D eigenvalue weighted by molar-refractivity contribution is -0.757. The van der Waals surface area contributed by atoms with Crippen LogP contribution in [0.4, 0.5) is 0 Å². The third-order valence-corrected chi connectivity index (χ3v) is 3.44. The number of methoxy groups -OCH3 is 1. The van der Waals surface area contributed by atoms with E-state index in [4.69, 9.17) is 14.2 Å². The standard InChI is InChI=1S/C18H22N2O9/c1-13(19-12-21)18(23)29-15-8-7-14(11-16(15)26-2)5-3-9-27-17(22)6-4-10-28-20(24)25/h3,5,7-8,11-13H,4,6,9-10H2,1-2H3,(H,19,21)/b5-3+. The van der Waals surface area contributed by atoms with Crippen molar-refractivity contribution in [2.75, 3.05) is 20.3 Å². The number of nitrogens with zero attached hydrogens (tertiary/aromatic N) is 1. The van der Waals surface area contributed by atoms with Crippen LogP contribution in [0.25, 0.3) is 6.08 Å². The summed E-state index contributed by atoms with van der Waals surface area (Å²) >= 11 is 0. The summed E-state index contributed by atoms with van der Waals surface area (Å²) in [5, 5.41) is 11.3. The van der Waals surface area contributed by atoms with Crippen molar-refractivity contribution in [1.82, 2.24) is 5.32 Å². The summed E-state index contributed by atoms with van der Waals surface area (Å²) in [6.07, 6.45) is 3.87. The minimum Gasteiger partial charge on any atom is -0.493 e. The van der Waals surface area contributed by atoms with Crippen molar-refractivity contribution in [3.05, 3.63) is 40.0 Å². The summed E-state index contributed by atoms with van der Waals surface area (Å²) < 4.78 is 15.4. The molecule has 1 N–H and O–H groups in total. The van der Waals surface area contributed by atoms with Gasteiger partial charge in [0.25, 0.3) is 5.09 Å². The number of esters is 2. The molecule has 1 aromatic rings. The first kappa shape index (κ1) is 23.4. The maximum atomic E-state index is 11.9. The molecule has 29 heavy (non-hydrogen) atoms. The van der Waals surface area contributed by atoms with Gasteiger partial charge >= 0.3 is 11.9 Å². The summed E-state index contributed by atoms with van der Waals surface area (Å²) in [7, 11) is 1.41. The van der Waals surface area contributed by atoms with Crippen molar-refractivity contribution in [2.24, 2.45) is 0 Å². The van der Waals surface area contributed by atoms with E-state index in [9.17, 15) is 24.5 Å². The van der Waals surface area contributed by atoms with E-state index < -0.39 is 23.1 Å². The number of rotatable bonds is 13. The van der Waals surface area contributed by atoms with Gasteiger partial charge < -0.3 is 24.4 Å². The lowest BCUT2D eigenvalue weighted by Gasteiger charge is -2.13. The lowest BCUT2D eigenvalue weighted by Crippen LogP contribution is -2.36. The molecule has 1 atom stereocenters. The van der Waals surface area contributed by atoms with Crippen LogP contribution in [0, 0.1) is 10.1 Å². The Labute approximate surface area is 166 Å². The third kappa shape index (κ3) is 9.22. The smallest absolute Gasteiger partial charge is 0.333 e. The zero-order chi connectivity index (χ0) is 21.6. The lowest BCUT2D eigenvalue weighted by atomic mass is 10.2. The van der Waals surface area contributed by atoms with Gasteiger partial charge in [0.05, 0.1) is 13.7 Å². The Balaban J connectivity index is 2.52. The van der Waals surface area contributed by atoms with E-state index >= 15 is 0 Å². The average Bonchev–Trinajstić information content (AvgIpc) is 2.69. The first-order valence-corrected chi connectivity index (χ1v) is 8.56. The Morgan fingerprint density at radius 2 is 2.07 bits per heavy atom. The van der Waals surface area contributed by atoms with E-state index in [1.54, 1.807) is 24.3 Å². The fourth-order valence-electron chi connectivity index (χ4n) is 1.99. The van der Waals surface area contributed by atoms with Crippen LogP contribution in [0.2, 0.25) is 0 Å². The fourth-order valence-corrected chi connectivity index (χ4v) is 1.99. The highest BCUT2D eigenvalue weighted by molar-refractivity contribution is 5.80. The maximum Gasteiger partial charge on any atom is 0.333 e. The van der Waals surface area contributed by atoms with Gasteiger partial charge in [-0.25, -0.2) is 4.79 Å². The monoisotopic (exact) mass is 410 g/mol. The number of ether oxygens (including phenoxy) is 3. The molecule has 0 radical (unpaired) electrons. The van der Waals surface area contributed by atoms with E-state index in [2.05, 4.69) is 10.2 Å². The molecular weight excluding hydrogens is 388 g/mol. The van der Waals surface area contributed by atoms with Gasteiger partial charge in [0.1, 0.15) is 12.6 Å². The van der Waals surface area contributed by atoms with Crippen molar-refractivity contribution < 1.29 is 38.5 Å². The van der Waals surface area contributed by atoms with Crippen molar-refractivity contribution in [1.29, 1.82) is 0 Å². The van der Waals surface area contributed by atoms with Crippen LogP contribution >= 0.6 is 0 Å². The molecule has 11 nitrogen and oxygen atoms in total. The molecule has 0 aliphatic carbocycles. The second-order valence-corrected chi connectivity index (χ2v) is 5.58. The topological polar surface area (TPSA) is 143 Å². The first-order valence-electron chi connectivity index (χ1n) is 8.56. The molecule has 0 heterocycles. The average molecular weight is 410 g/mol. The zero-order valence-electron chi connectivity index (χ0n) is 16.0.